The van der Waals surface area contributed by atoms with Gasteiger partial charge >= 0.3 is 0 Å². The number of hydrogen-bond donors (Lipinski definition) is 1. The van der Waals surface area contributed by atoms with Crippen molar-refractivity contribution in [1.29, 1.82) is 0 Å². The minimum atomic E-state index is -0.903. The number of carbonyl (C=O) groups excluding carboxylic acids is 5. The fraction of sp³-hybridized carbons (Fsp3) is 0.583. The first-order valence-corrected chi connectivity index (χ1v) is 6.01. The van der Waals surface area contributed by atoms with Crippen LogP contribution in [0.2, 0.25) is 0 Å². The van der Waals surface area contributed by atoms with Crippen LogP contribution < -0.4 is 5.73 Å². The third kappa shape index (κ3) is 4.06. The molecule has 0 aliphatic carbocycles. The Hall–Kier alpha value is -1.89. The summed E-state index contributed by atoms with van der Waals surface area (Å²) in [6.45, 7) is 0.0786. The van der Waals surface area contributed by atoms with Crippen molar-refractivity contribution in [3.8, 4) is 0 Å². The van der Waals surface area contributed by atoms with Gasteiger partial charge in [0.05, 0.1) is 18.9 Å². The predicted molar refractivity (Wildman–Crippen MR) is 63.8 cm³/mol. The van der Waals surface area contributed by atoms with E-state index in [1.165, 1.54) is 0 Å². The lowest BCUT2D eigenvalue weighted by molar-refractivity contribution is -0.140. The number of nitrogens with zero attached hydrogens (tertiary/aromatic N) is 1. The molecule has 19 heavy (non-hydrogen) atoms. The number of carbonyl (C=O) groups is 5. The Morgan fingerprint density at radius 3 is 2.42 bits per heavy atom. The monoisotopic (exact) mass is 268 g/mol. The highest BCUT2D eigenvalue weighted by molar-refractivity contribution is 6.11. The average molecular weight is 268 g/mol. The topological polar surface area (TPSA) is 115 Å². The van der Waals surface area contributed by atoms with Gasteiger partial charge in [-0.3, -0.25) is 28.9 Å². The van der Waals surface area contributed by atoms with Crippen molar-refractivity contribution in [3.63, 3.8) is 0 Å². The van der Waals surface area contributed by atoms with E-state index >= 15 is 0 Å². The van der Waals surface area contributed by atoms with Crippen molar-refractivity contribution >= 4 is 29.7 Å². The van der Waals surface area contributed by atoms with Crippen molar-refractivity contribution in [3.05, 3.63) is 0 Å². The van der Waals surface area contributed by atoms with Gasteiger partial charge in [-0.25, -0.2) is 0 Å². The number of Topliss-reactive ketones (excluding diaryl/α,β-unsaturated/α-hetero) is 3. The predicted octanol–water partition coefficient (Wildman–Crippen LogP) is -1.17. The zero-order chi connectivity index (χ0) is 14.4. The van der Waals surface area contributed by atoms with Crippen molar-refractivity contribution in [1.82, 2.24) is 4.90 Å². The molecule has 2 N–H and O–H groups in total. The Labute approximate surface area is 110 Å². The first-order chi connectivity index (χ1) is 8.99. The highest BCUT2D eigenvalue weighted by atomic mass is 16.2. The molecule has 7 nitrogen and oxygen atoms in total. The SMILES string of the molecule is NCC(=O)CCC(=O)CC(=O)C1CCN(C=O)C1=O. The first kappa shape index (κ1) is 15.2. The summed E-state index contributed by atoms with van der Waals surface area (Å²) in [7, 11) is 0. The molecule has 1 aliphatic heterocycles. The molecule has 0 spiro atoms. The lowest BCUT2D eigenvalue weighted by Gasteiger charge is -2.07. The molecule has 1 rings (SSSR count). The molecule has 0 aromatic heterocycles. The van der Waals surface area contributed by atoms with Gasteiger partial charge in [0.2, 0.25) is 12.3 Å². The maximum atomic E-state index is 11.7. The van der Waals surface area contributed by atoms with Gasteiger partial charge in [0, 0.05) is 19.4 Å². The summed E-state index contributed by atoms with van der Waals surface area (Å²) in [5.74, 6) is -2.57. The fourth-order valence-electron chi connectivity index (χ4n) is 1.89. The Kier molecular flexibility index (Phi) is 5.50. The van der Waals surface area contributed by atoms with Gasteiger partial charge in [-0.1, -0.05) is 0 Å². The van der Waals surface area contributed by atoms with E-state index in [-0.39, 0.29) is 50.3 Å². The van der Waals surface area contributed by atoms with Gasteiger partial charge in [-0.2, -0.15) is 0 Å². The zero-order valence-electron chi connectivity index (χ0n) is 10.5. The minimum absolute atomic E-state index is 0.0156. The zero-order valence-corrected chi connectivity index (χ0v) is 10.5. The molecule has 0 saturated carbocycles. The Balaban J connectivity index is 2.43. The van der Waals surface area contributed by atoms with Crippen molar-refractivity contribution in [2.45, 2.75) is 25.7 Å². The van der Waals surface area contributed by atoms with E-state index in [1.54, 1.807) is 0 Å². The standard InChI is InChI=1S/C12H16N2O5/c13-6-9(17)2-1-8(16)5-11(18)10-3-4-14(7-15)12(10)19/h7,10H,1-6,13H2. The number of rotatable bonds is 8. The number of ketones is 3. The molecule has 0 aromatic rings. The van der Waals surface area contributed by atoms with E-state index in [0.29, 0.717) is 6.41 Å². The van der Waals surface area contributed by atoms with Gasteiger partial charge in [-0.05, 0) is 6.42 Å². The van der Waals surface area contributed by atoms with E-state index in [1.807, 2.05) is 0 Å². The summed E-state index contributed by atoms with van der Waals surface area (Å²) in [5.41, 5.74) is 5.10. The molecule has 7 heteroatoms. The van der Waals surface area contributed by atoms with Crippen LogP contribution in [0.1, 0.15) is 25.7 Å². The van der Waals surface area contributed by atoms with Crippen LogP contribution in [0.4, 0.5) is 0 Å². The number of amides is 2. The molecule has 1 unspecified atom stereocenters. The van der Waals surface area contributed by atoms with E-state index in [0.717, 1.165) is 4.90 Å². The van der Waals surface area contributed by atoms with Gasteiger partial charge in [0.25, 0.3) is 0 Å². The number of hydrogen-bond acceptors (Lipinski definition) is 6. The lowest BCUT2D eigenvalue weighted by atomic mass is 9.97. The maximum Gasteiger partial charge on any atom is 0.239 e. The number of likely N-dealkylation sites (tertiary alicyclic amines) is 1. The van der Waals surface area contributed by atoms with Crippen LogP contribution in [0.3, 0.4) is 0 Å². The van der Waals surface area contributed by atoms with Crippen LogP contribution in [0, 0.1) is 5.92 Å². The van der Waals surface area contributed by atoms with Gasteiger partial charge < -0.3 is 5.73 Å². The summed E-state index contributed by atoms with van der Waals surface area (Å²) in [6, 6.07) is 0. The molecule has 1 heterocycles. The van der Waals surface area contributed by atoms with Crippen molar-refractivity contribution in [2.24, 2.45) is 11.7 Å². The first-order valence-electron chi connectivity index (χ1n) is 6.01. The number of imide groups is 1. The van der Waals surface area contributed by atoms with Crippen LogP contribution in [0.5, 0.6) is 0 Å². The maximum absolute atomic E-state index is 11.7. The second-order valence-electron chi connectivity index (χ2n) is 4.40. The second kappa shape index (κ2) is 6.89. The lowest BCUT2D eigenvalue weighted by Crippen LogP contribution is -2.30. The average Bonchev–Trinajstić information content (AvgIpc) is 2.76. The molecule has 104 valence electrons. The summed E-state index contributed by atoms with van der Waals surface area (Å²) in [5, 5.41) is 0. The molecule has 2 amide bonds. The molecule has 0 aromatic carbocycles. The Bertz CT molecular complexity index is 418. The van der Waals surface area contributed by atoms with Gasteiger partial charge in [-0.15, -0.1) is 0 Å². The van der Waals surface area contributed by atoms with Gasteiger partial charge in [0.1, 0.15) is 11.6 Å². The molecule has 1 fully saturated rings. The molecule has 0 bridgehead atoms. The molecular weight excluding hydrogens is 252 g/mol. The quantitative estimate of drug-likeness (QED) is 0.438. The van der Waals surface area contributed by atoms with Crippen LogP contribution in [0.25, 0.3) is 0 Å². The van der Waals surface area contributed by atoms with E-state index in [2.05, 4.69) is 0 Å². The summed E-state index contributed by atoms with van der Waals surface area (Å²) in [4.78, 5) is 57.2. The van der Waals surface area contributed by atoms with Crippen molar-refractivity contribution in [2.75, 3.05) is 13.1 Å². The molecule has 0 radical (unpaired) electrons. The van der Waals surface area contributed by atoms with E-state index < -0.39 is 17.6 Å². The summed E-state index contributed by atoms with van der Waals surface area (Å²) >= 11 is 0. The summed E-state index contributed by atoms with van der Waals surface area (Å²) < 4.78 is 0. The van der Waals surface area contributed by atoms with Crippen LogP contribution in [-0.2, 0) is 24.0 Å². The normalized spacial score (nSPS) is 18.5. The smallest absolute Gasteiger partial charge is 0.239 e. The van der Waals surface area contributed by atoms with E-state index in [9.17, 15) is 24.0 Å². The van der Waals surface area contributed by atoms with Crippen LogP contribution in [-0.4, -0.2) is 47.7 Å². The third-order valence-corrected chi connectivity index (χ3v) is 3.04. The highest BCUT2D eigenvalue weighted by Crippen LogP contribution is 2.19. The van der Waals surface area contributed by atoms with Crippen molar-refractivity contribution < 1.29 is 24.0 Å². The molecule has 1 saturated heterocycles. The fourth-order valence-corrected chi connectivity index (χ4v) is 1.89. The Morgan fingerprint density at radius 1 is 1.26 bits per heavy atom. The molecule has 1 atom stereocenters. The van der Waals surface area contributed by atoms with E-state index in [4.69, 9.17) is 5.73 Å². The molecule has 1 aliphatic rings. The largest absolute Gasteiger partial charge is 0.324 e. The van der Waals surface area contributed by atoms with Crippen LogP contribution in [0.15, 0.2) is 0 Å². The molecular formula is C12H16N2O5. The number of nitrogens with two attached hydrogens (primary N) is 1. The Morgan fingerprint density at radius 2 is 1.89 bits per heavy atom. The second-order valence-corrected chi connectivity index (χ2v) is 4.40. The van der Waals surface area contributed by atoms with Crippen LogP contribution >= 0.6 is 0 Å². The minimum Gasteiger partial charge on any atom is -0.324 e. The third-order valence-electron chi connectivity index (χ3n) is 3.04. The van der Waals surface area contributed by atoms with Gasteiger partial charge in [0.15, 0.2) is 5.78 Å². The highest BCUT2D eigenvalue weighted by Gasteiger charge is 2.36. The summed E-state index contributed by atoms with van der Waals surface area (Å²) in [6.07, 6.45) is 0.242.